The first-order chi connectivity index (χ1) is 20.1. The molecule has 1 atom stereocenters. The number of sulfonamides is 1. The van der Waals surface area contributed by atoms with Crippen molar-refractivity contribution in [2.24, 2.45) is 5.92 Å². The molecule has 4 heterocycles. The topological polar surface area (TPSA) is 102 Å². The summed E-state index contributed by atoms with van der Waals surface area (Å²) >= 11 is 0. The van der Waals surface area contributed by atoms with E-state index in [2.05, 4.69) is 55.4 Å². The number of benzene rings is 1. The van der Waals surface area contributed by atoms with Crippen molar-refractivity contribution in [3.8, 4) is 0 Å². The van der Waals surface area contributed by atoms with E-state index < -0.39 is 10.0 Å². The first-order valence-electron chi connectivity index (χ1n) is 15.5. The van der Waals surface area contributed by atoms with Crippen LogP contribution in [0.4, 0.5) is 11.5 Å². The third kappa shape index (κ3) is 7.23. The highest BCUT2D eigenvalue weighted by Crippen LogP contribution is 2.27. The predicted octanol–water partition coefficient (Wildman–Crippen LogP) is 3.38. The van der Waals surface area contributed by atoms with Crippen LogP contribution in [0.1, 0.15) is 60.4 Å². The van der Waals surface area contributed by atoms with Crippen LogP contribution in [0.5, 0.6) is 0 Å². The van der Waals surface area contributed by atoms with Gasteiger partial charge >= 0.3 is 0 Å². The van der Waals surface area contributed by atoms with Crippen LogP contribution in [-0.2, 0) is 10.0 Å². The second-order valence-corrected chi connectivity index (χ2v) is 14.4. The van der Waals surface area contributed by atoms with Gasteiger partial charge in [-0.3, -0.25) is 4.79 Å². The number of hydrogen-bond acceptors (Lipinski definition) is 8. The Bertz CT molecular complexity index is 1320. The number of para-hydroxylation sites is 1. The Morgan fingerprint density at radius 2 is 1.67 bits per heavy atom. The summed E-state index contributed by atoms with van der Waals surface area (Å²) in [5.74, 6) is 1.86. The molecule has 1 aromatic heterocycles. The zero-order valence-corrected chi connectivity index (χ0v) is 26.4. The lowest BCUT2D eigenvalue weighted by Gasteiger charge is -2.43. The number of likely N-dealkylation sites (tertiary alicyclic amines) is 2. The van der Waals surface area contributed by atoms with Gasteiger partial charge in [-0.15, -0.1) is 0 Å². The van der Waals surface area contributed by atoms with Crippen molar-refractivity contribution in [1.82, 2.24) is 24.1 Å². The Balaban J connectivity index is 1.14. The molecule has 0 radical (unpaired) electrons. The first-order valence-corrected chi connectivity index (χ1v) is 17.3. The lowest BCUT2D eigenvalue weighted by Crippen LogP contribution is -2.52. The molecule has 1 aromatic carbocycles. The largest absolute Gasteiger partial charge is 0.371 e. The van der Waals surface area contributed by atoms with E-state index in [0.29, 0.717) is 36.6 Å². The number of nitrogens with one attached hydrogen (secondary N) is 1. The minimum atomic E-state index is -3.17. The normalized spacial score (nSPS) is 21.6. The highest BCUT2D eigenvalue weighted by molar-refractivity contribution is 7.88. The van der Waals surface area contributed by atoms with E-state index in [0.717, 1.165) is 69.8 Å². The fraction of sp³-hybridized carbons (Fsp3) is 0.645. The molecule has 0 spiro atoms. The van der Waals surface area contributed by atoms with E-state index in [-0.39, 0.29) is 11.9 Å². The number of amides is 1. The van der Waals surface area contributed by atoms with Gasteiger partial charge in [0.1, 0.15) is 17.3 Å². The molecule has 42 heavy (non-hydrogen) atoms. The van der Waals surface area contributed by atoms with Gasteiger partial charge in [0.25, 0.3) is 5.91 Å². The van der Waals surface area contributed by atoms with Crippen molar-refractivity contribution < 1.29 is 13.2 Å². The average molecular weight is 598 g/mol. The number of aryl methyl sites for hydroxylation is 1. The van der Waals surface area contributed by atoms with Gasteiger partial charge in [0, 0.05) is 63.1 Å². The van der Waals surface area contributed by atoms with E-state index >= 15 is 0 Å². The van der Waals surface area contributed by atoms with Crippen molar-refractivity contribution in [1.29, 1.82) is 0 Å². The number of anilines is 2. The summed E-state index contributed by atoms with van der Waals surface area (Å²) in [5, 5.41) is 3.57. The van der Waals surface area contributed by atoms with Crippen LogP contribution in [-0.4, -0.2) is 110 Å². The van der Waals surface area contributed by atoms with E-state index in [4.69, 9.17) is 0 Å². The SMILES string of the molecule is Cc1nc(NCC2CCCN(c3ccccc3)C2)c(C)c(C(=O)N2CCC(N3CCC(N(C)S(C)(=O)=O)CC3)CC2)n1. The van der Waals surface area contributed by atoms with Gasteiger partial charge in [0.15, 0.2) is 0 Å². The number of hydrogen-bond donors (Lipinski definition) is 1. The fourth-order valence-corrected chi connectivity index (χ4v) is 7.58. The zero-order chi connectivity index (χ0) is 29.9. The Labute approximate surface area is 251 Å². The molecule has 0 bridgehead atoms. The Kier molecular flexibility index (Phi) is 9.69. The summed E-state index contributed by atoms with van der Waals surface area (Å²) in [5.41, 5.74) is 2.60. The number of piperidine rings is 3. The van der Waals surface area contributed by atoms with Crippen molar-refractivity contribution >= 4 is 27.4 Å². The molecule has 2 aromatic rings. The summed E-state index contributed by atoms with van der Waals surface area (Å²) in [6.07, 6.45) is 7.16. The summed E-state index contributed by atoms with van der Waals surface area (Å²) < 4.78 is 25.4. The summed E-state index contributed by atoms with van der Waals surface area (Å²) in [6.45, 7) is 9.92. The van der Waals surface area contributed by atoms with Gasteiger partial charge < -0.3 is 20.0 Å². The van der Waals surface area contributed by atoms with Gasteiger partial charge in [-0.25, -0.2) is 22.7 Å². The molecule has 0 aliphatic carbocycles. The van der Waals surface area contributed by atoms with Gasteiger partial charge in [0.05, 0.1) is 6.26 Å². The maximum absolute atomic E-state index is 13.7. The van der Waals surface area contributed by atoms with Gasteiger partial charge in [-0.1, -0.05) is 18.2 Å². The molecule has 1 unspecified atom stereocenters. The van der Waals surface area contributed by atoms with Crippen molar-refractivity contribution in [2.45, 2.75) is 64.5 Å². The second-order valence-electron chi connectivity index (χ2n) is 12.3. The molecule has 1 N–H and O–H groups in total. The Morgan fingerprint density at radius 3 is 2.33 bits per heavy atom. The molecule has 3 saturated heterocycles. The summed E-state index contributed by atoms with van der Waals surface area (Å²) in [4.78, 5) is 29.8. The molecule has 3 fully saturated rings. The van der Waals surface area contributed by atoms with Gasteiger partial charge in [-0.05, 0) is 83.5 Å². The number of carbonyl (C=O) groups excluding carboxylic acids is 1. The summed E-state index contributed by atoms with van der Waals surface area (Å²) in [7, 11) is -1.48. The monoisotopic (exact) mass is 597 g/mol. The lowest BCUT2D eigenvalue weighted by atomic mass is 9.97. The van der Waals surface area contributed by atoms with Crippen LogP contribution in [0.2, 0.25) is 0 Å². The Morgan fingerprint density at radius 1 is 0.976 bits per heavy atom. The molecule has 10 nitrogen and oxygen atoms in total. The average Bonchev–Trinajstić information content (AvgIpc) is 3.01. The van der Waals surface area contributed by atoms with E-state index in [1.165, 1.54) is 29.1 Å². The highest BCUT2D eigenvalue weighted by Gasteiger charge is 2.33. The number of rotatable bonds is 8. The summed E-state index contributed by atoms with van der Waals surface area (Å²) in [6, 6.07) is 11.1. The number of carbonyl (C=O) groups is 1. The molecule has 5 rings (SSSR count). The van der Waals surface area contributed by atoms with E-state index in [1.54, 1.807) is 7.05 Å². The number of nitrogens with zero attached hydrogens (tertiary/aromatic N) is 6. The zero-order valence-electron chi connectivity index (χ0n) is 25.6. The first kappa shape index (κ1) is 30.7. The second kappa shape index (κ2) is 13.3. The smallest absolute Gasteiger partial charge is 0.272 e. The van der Waals surface area contributed by atoms with Gasteiger partial charge in [0.2, 0.25) is 10.0 Å². The third-order valence-corrected chi connectivity index (χ3v) is 10.8. The molecule has 3 aliphatic heterocycles. The minimum absolute atomic E-state index is 0.0131. The van der Waals surface area contributed by atoms with Crippen molar-refractivity contribution in [3.05, 3.63) is 47.4 Å². The molecule has 0 saturated carbocycles. The van der Waals surface area contributed by atoms with Crippen molar-refractivity contribution in [2.75, 3.05) is 69.3 Å². The van der Waals surface area contributed by atoms with Crippen molar-refractivity contribution in [3.63, 3.8) is 0 Å². The van der Waals surface area contributed by atoms with E-state index in [1.807, 2.05) is 18.7 Å². The third-order valence-electron chi connectivity index (χ3n) is 9.46. The van der Waals surface area contributed by atoms with Crippen LogP contribution in [0, 0.1) is 19.8 Å². The molecule has 3 aliphatic rings. The fourth-order valence-electron chi connectivity index (χ4n) is 6.82. The molecular weight excluding hydrogens is 550 g/mol. The Hall–Kier alpha value is -2.76. The molecule has 1 amide bonds. The quantitative estimate of drug-likeness (QED) is 0.494. The molecule has 230 valence electrons. The maximum atomic E-state index is 13.7. The minimum Gasteiger partial charge on any atom is -0.371 e. The lowest BCUT2D eigenvalue weighted by molar-refractivity contribution is 0.0542. The number of aromatic nitrogens is 2. The molecular formula is C31H47N7O3S. The highest BCUT2D eigenvalue weighted by atomic mass is 32.2. The predicted molar refractivity (Wildman–Crippen MR) is 168 cm³/mol. The van der Waals surface area contributed by atoms with Crippen LogP contribution in [0.25, 0.3) is 0 Å². The van der Waals surface area contributed by atoms with Crippen LogP contribution in [0.15, 0.2) is 30.3 Å². The maximum Gasteiger partial charge on any atom is 0.272 e. The standard InChI is InChI=1S/C31H47N7O3S/c1-23-29(31(39)37-19-14-28(15-20-37)36-17-12-26(13-18-36)35(3)42(4,40)41)33-24(2)34-30(23)32-21-25-9-8-16-38(22-25)27-10-6-5-7-11-27/h5-7,10-11,25-26,28H,8-9,12-22H2,1-4H3,(H,32,33,34). The van der Waals surface area contributed by atoms with Crippen LogP contribution >= 0.6 is 0 Å². The molecule has 11 heteroatoms. The van der Waals surface area contributed by atoms with Gasteiger partial charge in [-0.2, -0.15) is 0 Å². The van der Waals surface area contributed by atoms with E-state index in [9.17, 15) is 13.2 Å². The van der Waals surface area contributed by atoms with Crippen LogP contribution < -0.4 is 10.2 Å². The van der Waals surface area contributed by atoms with Crippen LogP contribution in [0.3, 0.4) is 0 Å².